The summed E-state index contributed by atoms with van der Waals surface area (Å²) in [4.78, 5) is 16.7. The Labute approximate surface area is 136 Å². The molecule has 5 nitrogen and oxygen atoms in total. The van der Waals surface area contributed by atoms with Crippen LogP contribution >= 0.6 is 0 Å². The number of benzene rings is 2. The zero-order valence-corrected chi connectivity index (χ0v) is 13.2. The third-order valence-corrected chi connectivity index (χ3v) is 3.20. The van der Waals surface area contributed by atoms with Gasteiger partial charge in [0.2, 0.25) is 0 Å². The molecule has 0 saturated heterocycles. The van der Waals surface area contributed by atoms with E-state index in [9.17, 15) is 4.79 Å². The van der Waals surface area contributed by atoms with Crippen LogP contribution in [0, 0.1) is 6.92 Å². The number of para-hydroxylation sites is 1. The Hall–Kier alpha value is -2.53. The number of ether oxygens (including phenoxy) is 1. The highest BCUT2D eigenvalue weighted by Gasteiger charge is 2.01. The van der Waals surface area contributed by atoms with Crippen LogP contribution in [0.25, 0.3) is 0 Å². The Morgan fingerprint density at radius 2 is 1.78 bits per heavy atom. The van der Waals surface area contributed by atoms with E-state index in [1.54, 1.807) is 0 Å². The van der Waals surface area contributed by atoms with Crippen molar-refractivity contribution in [2.75, 3.05) is 13.2 Å². The van der Waals surface area contributed by atoms with Gasteiger partial charge in [-0.3, -0.25) is 4.84 Å². The molecule has 0 aliphatic carbocycles. The number of nitrogens with one attached hydrogen (secondary N) is 2. The highest BCUT2D eigenvalue weighted by Crippen LogP contribution is 2.15. The lowest BCUT2D eigenvalue weighted by Gasteiger charge is -2.10. The van der Waals surface area contributed by atoms with Crippen LogP contribution in [0.1, 0.15) is 17.5 Å². The topological polar surface area (TPSA) is 59.6 Å². The smallest absolute Gasteiger partial charge is 0.338 e. The number of hydrogen-bond donors (Lipinski definition) is 2. The van der Waals surface area contributed by atoms with Crippen LogP contribution in [0.15, 0.2) is 54.6 Å². The van der Waals surface area contributed by atoms with E-state index in [4.69, 9.17) is 9.57 Å². The fourth-order valence-electron chi connectivity index (χ4n) is 1.97. The minimum Gasteiger partial charge on any atom is -0.493 e. The number of aryl methyl sites for hydroxylation is 1. The predicted octanol–water partition coefficient (Wildman–Crippen LogP) is 3.19. The van der Waals surface area contributed by atoms with Crippen LogP contribution < -0.4 is 15.5 Å². The largest absolute Gasteiger partial charge is 0.493 e. The molecule has 0 heterocycles. The molecule has 2 aromatic rings. The van der Waals surface area contributed by atoms with Gasteiger partial charge < -0.3 is 10.1 Å². The van der Waals surface area contributed by atoms with Crippen LogP contribution in [0.4, 0.5) is 4.79 Å². The van der Waals surface area contributed by atoms with E-state index >= 15 is 0 Å². The van der Waals surface area contributed by atoms with E-state index in [0.717, 1.165) is 23.3 Å². The van der Waals surface area contributed by atoms with E-state index < -0.39 is 0 Å². The maximum atomic E-state index is 11.5. The fourth-order valence-corrected chi connectivity index (χ4v) is 1.97. The van der Waals surface area contributed by atoms with Gasteiger partial charge >= 0.3 is 6.03 Å². The second-order valence-electron chi connectivity index (χ2n) is 5.10. The maximum absolute atomic E-state index is 11.5. The first-order chi connectivity index (χ1) is 11.3. The average molecular weight is 314 g/mol. The molecule has 23 heavy (non-hydrogen) atoms. The molecule has 0 atom stereocenters. The van der Waals surface area contributed by atoms with Crippen molar-refractivity contribution in [3.05, 3.63) is 65.7 Å². The van der Waals surface area contributed by atoms with Crippen molar-refractivity contribution in [2.24, 2.45) is 0 Å². The first-order valence-corrected chi connectivity index (χ1v) is 7.63. The molecule has 0 saturated carbocycles. The summed E-state index contributed by atoms with van der Waals surface area (Å²) >= 11 is 0. The number of carbonyl (C=O) groups excluding carboxylic acids is 1. The summed E-state index contributed by atoms with van der Waals surface area (Å²) in [5.74, 6) is 0.878. The number of hydroxylamine groups is 1. The summed E-state index contributed by atoms with van der Waals surface area (Å²) in [6.45, 7) is 3.41. The summed E-state index contributed by atoms with van der Waals surface area (Å²) < 4.78 is 5.65. The van der Waals surface area contributed by atoms with Gasteiger partial charge in [-0.15, -0.1) is 0 Å². The molecule has 0 aliphatic heterocycles. The Morgan fingerprint density at radius 1 is 1.04 bits per heavy atom. The van der Waals surface area contributed by atoms with Crippen molar-refractivity contribution < 1.29 is 14.4 Å². The van der Waals surface area contributed by atoms with Crippen molar-refractivity contribution in [2.45, 2.75) is 20.0 Å². The highest BCUT2D eigenvalue weighted by atomic mass is 16.7. The number of amides is 2. The summed E-state index contributed by atoms with van der Waals surface area (Å²) in [5.41, 5.74) is 4.46. The standard InChI is InChI=1S/C18H22N2O3/c1-15-8-5-6-11-17(15)22-13-7-12-19-18(21)20-23-14-16-9-3-2-4-10-16/h2-6,8-11H,7,12-14H2,1H3,(H2,19,20,21). The molecule has 0 fully saturated rings. The predicted molar refractivity (Wildman–Crippen MR) is 89.1 cm³/mol. The first kappa shape index (κ1) is 16.8. The number of rotatable bonds is 8. The maximum Gasteiger partial charge on any atom is 0.338 e. The van der Waals surface area contributed by atoms with E-state index in [0.29, 0.717) is 19.8 Å². The van der Waals surface area contributed by atoms with Gasteiger partial charge in [0.15, 0.2) is 0 Å². The molecule has 0 spiro atoms. The first-order valence-electron chi connectivity index (χ1n) is 7.63. The second-order valence-corrected chi connectivity index (χ2v) is 5.10. The number of urea groups is 1. The van der Waals surface area contributed by atoms with Crippen LogP contribution in [0.3, 0.4) is 0 Å². The van der Waals surface area contributed by atoms with Gasteiger partial charge in [-0.25, -0.2) is 10.3 Å². The van der Waals surface area contributed by atoms with Crippen molar-refractivity contribution in [1.29, 1.82) is 0 Å². The summed E-state index contributed by atoms with van der Waals surface area (Å²) in [7, 11) is 0. The molecular weight excluding hydrogens is 292 g/mol. The molecular formula is C18H22N2O3. The van der Waals surface area contributed by atoms with Crippen LogP contribution in [0.2, 0.25) is 0 Å². The fraction of sp³-hybridized carbons (Fsp3) is 0.278. The van der Waals surface area contributed by atoms with Crippen LogP contribution in [0.5, 0.6) is 5.75 Å². The lowest BCUT2D eigenvalue weighted by Crippen LogP contribution is -2.36. The van der Waals surface area contributed by atoms with Gasteiger partial charge in [-0.05, 0) is 30.5 Å². The molecule has 2 N–H and O–H groups in total. The Balaban J connectivity index is 1.52. The quantitative estimate of drug-likeness (QED) is 0.581. The van der Waals surface area contributed by atoms with Crippen molar-refractivity contribution in [3.63, 3.8) is 0 Å². The molecule has 0 unspecified atom stereocenters. The Bertz CT molecular complexity index is 602. The van der Waals surface area contributed by atoms with E-state index in [-0.39, 0.29) is 6.03 Å². The minimum absolute atomic E-state index is 0.338. The van der Waals surface area contributed by atoms with Gasteiger partial charge in [0.05, 0.1) is 13.2 Å². The molecule has 0 bridgehead atoms. The summed E-state index contributed by atoms with van der Waals surface area (Å²) in [5, 5.41) is 2.71. The highest BCUT2D eigenvalue weighted by molar-refractivity contribution is 5.72. The zero-order chi connectivity index (χ0) is 16.3. The van der Waals surface area contributed by atoms with Gasteiger partial charge in [-0.2, -0.15) is 0 Å². The summed E-state index contributed by atoms with van der Waals surface area (Å²) in [6, 6.07) is 17.2. The lowest BCUT2D eigenvalue weighted by atomic mass is 10.2. The van der Waals surface area contributed by atoms with Crippen molar-refractivity contribution in [3.8, 4) is 5.75 Å². The molecule has 0 aromatic heterocycles. The monoisotopic (exact) mass is 314 g/mol. The van der Waals surface area contributed by atoms with E-state index in [1.165, 1.54) is 0 Å². The van der Waals surface area contributed by atoms with Crippen LogP contribution in [-0.4, -0.2) is 19.2 Å². The van der Waals surface area contributed by atoms with E-state index in [1.807, 2.05) is 61.5 Å². The van der Waals surface area contributed by atoms with Gasteiger partial charge in [0, 0.05) is 6.54 Å². The minimum atomic E-state index is -0.350. The normalized spacial score (nSPS) is 10.1. The molecule has 0 aliphatic rings. The van der Waals surface area contributed by atoms with Gasteiger partial charge in [-0.1, -0.05) is 48.5 Å². The molecule has 5 heteroatoms. The van der Waals surface area contributed by atoms with Crippen molar-refractivity contribution >= 4 is 6.03 Å². The third kappa shape index (κ3) is 6.40. The molecule has 2 aromatic carbocycles. The lowest BCUT2D eigenvalue weighted by molar-refractivity contribution is 0.0490. The van der Waals surface area contributed by atoms with Gasteiger partial charge in [0.25, 0.3) is 0 Å². The molecule has 2 rings (SSSR count). The van der Waals surface area contributed by atoms with Crippen LogP contribution in [-0.2, 0) is 11.4 Å². The van der Waals surface area contributed by atoms with Crippen molar-refractivity contribution in [1.82, 2.24) is 10.8 Å². The molecule has 122 valence electrons. The Morgan fingerprint density at radius 3 is 2.57 bits per heavy atom. The number of carbonyl (C=O) groups is 1. The third-order valence-electron chi connectivity index (χ3n) is 3.20. The second kappa shape index (κ2) is 9.48. The Kier molecular flexibility index (Phi) is 6.94. The molecule has 0 radical (unpaired) electrons. The zero-order valence-electron chi connectivity index (χ0n) is 13.2. The van der Waals surface area contributed by atoms with Gasteiger partial charge in [0.1, 0.15) is 5.75 Å². The van der Waals surface area contributed by atoms with E-state index in [2.05, 4.69) is 10.8 Å². The summed E-state index contributed by atoms with van der Waals surface area (Å²) in [6.07, 6.45) is 0.723. The SMILES string of the molecule is Cc1ccccc1OCCCNC(=O)NOCc1ccccc1. The average Bonchev–Trinajstić information content (AvgIpc) is 2.57. The molecule has 2 amide bonds. The number of hydrogen-bond acceptors (Lipinski definition) is 3.